The maximum absolute atomic E-state index is 8.71. The molecule has 0 aliphatic carbocycles. The van der Waals surface area contributed by atoms with Gasteiger partial charge < -0.3 is 14.3 Å². The standard InChI is InChI=1S/C13H23N3O3/c1-2-12-14-15-13(19-12)10-16-6-4-11(5-7-16)18-9-3-8-17/h11,17H,2-10H2,1H3. The van der Waals surface area contributed by atoms with Gasteiger partial charge in [-0.3, -0.25) is 4.90 Å². The zero-order valence-electron chi connectivity index (χ0n) is 11.5. The van der Waals surface area contributed by atoms with Crippen LogP contribution in [0.5, 0.6) is 0 Å². The Morgan fingerprint density at radius 2 is 2.05 bits per heavy atom. The van der Waals surface area contributed by atoms with Crippen LogP contribution in [0.25, 0.3) is 0 Å². The number of aryl methyl sites for hydroxylation is 1. The molecule has 0 spiro atoms. The second-order valence-corrected chi connectivity index (χ2v) is 4.87. The molecule has 0 bridgehead atoms. The van der Waals surface area contributed by atoms with Gasteiger partial charge in [0, 0.05) is 32.7 Å². The second-order valence-electron chi connectivity index (χ2n) is 4.87. The lowest BCUT2D eigenvalue weighted by atomic mass is 10.1. The van der Waals surface area contributed by atoms with E-state index in [1.54, 1.807) is 0 Å². The van der Waals surface area contributed by atoms with Gasteiger partial charge in [0.1, 0.15) is 0 Å². The number of aliphatic hydroxyl groups is 1. The van der Waals surface area contributed by atoms with E-state index in [4.69, 9.17) is 14.3 Å². The third-order valence-corrected chi connectivity index (χ3v) is 3.36. The summed E-state index contributed by atoms with van der Waals surface area (Å²) >= 11 is 0. The van der Waals surface area contributed by atoms with Gasteiger partial charge in [0.25, 0.3) is 0 Å². The SMILES string of the molecule is CCc1nnc(CN2CCC(OCCCO)CC2)o1. The van der Waals surface area contributed by atoms with Crippen molar-refractivity contribution in [3.63, 3.8) is 0 Å². The Balaban J connectivity index is 1.68. The molecule has 0 aromatic carbocycles. The van der Waals surface area contributed by atoms with Crippen LogP contribution >= 0.6 is 0 Å². The number of rotatable bonds is 7. The highest BCUT2D eigenvalue weighted by Gasteiger charge is 2.21. The molecule has 1 aromatic rings. The molecule has 2 heterocycles. The van der Waals surface area contributed by atoms with Crippen LogP contribution in [0.2, 0.25) is 0 Å². The Kier molecular flexibility index (Phi) is 5.75. The molecule has 1 aliphatic rings. The van der Waals surface area contributed by atoms with Crippen LogP contribution in [0.1, 0.15) is 38.0 Å². The molecule has 0 radical (unpaired) electrons. The highest BCUT2D eigenvalue weighted by Crippen LogP contribution is 2.16. The van der Waals surface area contributed by atoms with Crippen LogP contribution in [-0.2, 0) is 17.7 Å². The normalized spacial score (nSPS) is 18.0. The number of likely N-dealkylation sites (tertiary alicyclic amines) is 1. The number of hydrogen-bond donors (Lipinski definition) is 1. The van der Waals surface area contributed by atoms with Crippen molar-refractivity contribution in [2.75, 3.05) is 26.3 Å². The lowest BCUT2D eigenvalue weighted by Crippen LogP contribution is -2.36. The third kappa shape index (κ3) is 4.56. The Hall–Kier alpha value is -0.980. The molecule has 0 saturated carbocycles. The molecule has 2 rings (SSSR count). The van der Waals surface area contributed by atoms with Crippen molar-refractivity contribution >= 4 is 0 Å². The van der Waals surface area contributed by atoms with Crippen molar-refractivity contribution in [3.8, 4) is 0 Å². The average Bonchev–Trinajstić information content (AvgIpc) is 2.89. The molecule has 6 heteroatoms. The molecule has 6 nitrogen and oxygen atoms in total. The fraction of sp³-hybridized carbons (Fsp3) is 0.846. The van der Waals surface area contributed by atoms with Crippen molar-refractivity contribution in [1.29, 1.82) is 0 Å². The van der Waals surface area contributed by atoms with Crippen molar-refractivity contribution < 1.29 is 14.3 Å². The summed E-state index contributed by atoms with van der Waals surface area (Å²) < 4.78 is 11.2. The molecular weight excluding hydrogens is 246 g/mol. The van der Waals surface area contributed by atoms with Crippen LogP contribution in [0.3, 0.4) is 0 Å². The smallest absolute Gasteiger partial charge is 0.230 e. The minimum Gasteiger partial charge on any atom is -0.424 e. The van der Waals surface area contributed by atoms with E-state index in [1.165, 1.54) is 0 Å². The Morgan fingerprint density at radius 3 is 2.68 bits per heavy atom. The molecule has 1 N–H and O–H groups in total. The summed E-state index contributed by atoms with van der Waals surface area (Å²) in [5.41, 5.74) is 0. The molecule has 108 valence electrons. The van der Waals surface area contributed by atoms with Gasteiger partial charge in [0.05, 0.1) is 12.6 Å². The van der Waals surface area contributed by atoms with Crippen LogP contribution in [-0.4, -0.2) is 52.6 Å². The maximum atomic E-state index is 8.71. The second kappa shape index (κ2) is 7.57. The van der Waals surface area contributed by atoms with Gasteiger partial charge in [0.15, 0.2) is 0 Å². The van der Waals surface area contributed by atoms with Crippen LogP contribution in [0.4, 0.5) is 0 Å². The number of aliphatic hydroxyl groups excluding tert-OH is 1. The molecular formula is C13H23N3O3. The summed E-state index contributed by atoms with van der Waals surface area (Å²) in [5.74, 6) is 1.41. The van der Waals surface area contributed by atoms with Crippen LogP contribution in [0.15, 0.2) is 4.42 Å². The monoisotopic (exact) mass is 269 g/mol. The molecule has 0 unspecified atom stereocenters. The Morgan fingerprint density at radius 1 is 1.32 bits per heavy atom. The average molecular weight is 269 g/mol. The highest BCUT2D eigenvalue weighted by molar-refractivity contribution is 4.83. The number of nitrogens with zero attached hydrogens (tertiary/aromatic N) is 3. The summed E-state index contributed by atoms with van der Waals surface area (Å²) in [6.07, 6.45) is 3.90. The van der Waals surface area contributed by atoms with E-state index in [9.17, 15) is 0 Å². The minimum atomic E-state index is 0.204. The Labute approximate surface area is 113 Å². The maximum Gasteiger partial charge on any atom is 0.230 e. The van der Waals surface area contributed by atoms with Crippen molar-refractivity contribution in [2.24, 2.45) is 0 Å². The molecule has 0 atom stereocenters. The molecule has 1 fully saturated rings. The molecule has 1 saturated heterocycles. The molecule has 19 heavy (non-hydrogen) atoms. The first-order valence-electron chi connectivity index (χ1n) is 7.08. The fourth-order valence-corrected chi connectivity index (χ4v) is 2.24. The summed E-state index contributed by atoms with van der Waals surface area (Å²) in [5, 5.41) is 16.7. The third-order valence-electron chi connectivity index (χ3n) is 3.36. The molecule has 1 aromatic heterocycles. The quantitative estimate of drug-likeness (QED) is 0.744. The first-order chi connectivity index (χ1) is 9.31. The van der Waals surface area contributed by atoms with Gasteiger partial charge >= 0.3 is 0 Å². The summed E-state index contributed by atoms with van der Waals surface area (Å²) in [7, 11) is 0. The zero-order valence-corrected chi connectivity index (χ0v) is 11.5. The van der Waals surface area contributed by atoms with E-state index in [2.05, 4.69) is 15.1 Å². The topological polar surface area (TPSA) is 71.6 Å². The van der Waals surface area contributed by atoms with Crippen LogP contribution < -0.4 is 0 Å². The first kappa shape index (κ1) is 14.4. The van der Waals surface area contributed by atoms with Gasteiger partial charge in [-0.1, -0.05) is 6.92 Å². The van der Waals surface area contributed by atoms with Crippen molar-refractivity contribution in [1.82, 2.24) is 15.1 Å². The molecule has 1 aliphatic heterocycles. The van der Waals surface area contributed by atoms with Gasteiger partial charge in [-0.25, -0.2) is 0 Å². The van der Waals surface area contributed by atoms with E-state index < -0.39 is 0 Å². The molecule has 0 amide bonds. The van der Waals surface area contributed by atoms with E-state index in [1.807, 2.05) is 6.92 Å². The highest BCUT2D eigenvalue weighted by atomic mass is 16.5. The lowest BCUT2D eigenvalue weighted by Gasteiger charge is -2.30. The van der Waals surface area contributed by atoms with Gasteiger partial charge in [-0.2, -0.15) is 0 Å². The lowest BCUT2D eigenvalue weighted by molar-refractivity contribution is -0.000645. The van der Waals surface area contributed by atoms with Gasteiger partial charge in [-0.05, 0) is 19.3 Å². The summed E-state index contributed by atoms with van der Waals surface area (Å²) in [6, 6.07) is 0. The van der Waals surface area contributed by atoms with Gasteiger partial charge in [0.2, 0.25) is 11.8 Å². The van der Waals surface area contributed by atoms with E-state index in [0.717, 1.165) is 45.3 Å². The van der Waals surface area contributed by atoms with Crippen molar-refractivity contribution in [2.45, 2.75) is 45.3 Å². The number of ether oxygens (including phenoxy) is 1. The van der Waals surface area contributed by atoms with E-state index in [0.29, 0.717) is 24.5 Å². The van der Waals surface area contributed by atoms with E-state index in [-0.39, 0.29) is 6.61 Å². The fourth-order valence-electron chi connectivity index (χ4n) is 2.24. The van der Waals surface area contributed by atoms with E-state index >= 15 is 0 Å². The zero-order chi connectivity index (χ0) is 13.5. The number of hydrogen-bond acceptors (Lipinski definition) is 6. The van der Waals surface area contributed by atoms with Gasteiger partial charge in [-0.15, -0.1) is 10.2 Å². The predicted octanol–water partition coefficient (Wildman–Crippen LogP) is 0.995. The predicted molar refractivity (Wildman–Crippen MR) is 69.6 cm³/mol. The first-order valence-corrected chi connectivity index (χ1v) is 7.08. The largest absolute Gasteiger partial charge is 0.424 e. The number of aromatic nitrogens is 2. The van der Waals surface area contributed by atoms with Crippen molar-refractivity contribution in [3.05, 3.63) is 11.8 Å². The number of piperidine rings is 1. The van der Waals surface area contributed by atoms with Crippen LogP contribution in [0, 0.1) is 0 Å². The summed E-state index contributed by atoms with van der Waals surface area (Å²) in [6.45, 7) is 5.59. The minimum absolute atomic E-state index is 0.204. The summed E-state index contributed by atoms with van der Waals surface area (Å²) in [4.78, 5) is 2.32. The Bertz CT molecular complexity index is 362.